The van der Waals surface area contributed by atoms with Crippen LogP contribution < -0.4 is 11.1 Å². The quantitative estimate of drug-likeness (QED) is 0.787. The van der Waals surface area contributed by atoms with E-state index in [9.17, 15) is 8.42 Å². The fraction of sp³-hybridized carbons (Fsp3) is 0.615. The van der Waals surface area contributed by atoms with Crippen LogP contribution in [0.1, 0.15) is 20.3 Å². The average Bonchev–Trinajstić information content (AvgIpc) is 2.37. The molecule has 0 aromatic carbocycles. The summed E-state index contributed by atoms with van der Waals surface area (Å²) in [5.74, 6) is 1.17. The normalized spacial score (nSPS) is 13.8. The maximum Gasteiger partial charge on any atom is 0.244 e. The largest absolute Gasteiger partial charge is 0.366 e. The van der Waals surface area contributed by atoms with Crippen molar-refractivity contribution in [1.82, 2.24) is 9.29 Å². The summed E-state index contributed by atoms with van der Waals surface area (Å²) in [5, 5.41) is 3.22. The predicted molar refractivity (Wildman–Crippen MR) is 81.0 cm³/mol. The smallest absolute Gasteiger partial charge is 0.244 e. The summed E-state index contributed by atoms with van der Waals surface area (Å²) >= 11 is 0. The van der Waals surface area contributed by atoms with Crippen molar-refractivity contribution in [3.8, 4) is 0 Å². The first-order valence-electron chi connectivity index (χ1n) is 6.62. The number of anilines is 1. The first kappa shape index (κ1) is 16.9. The molecule has 0 saturated carbocycles. The van der Waals surface area contributed by atoms with Crippen LogP contribution in [0.5, 0.6) is 0 Å². The Bertz CT molecular complexity index is 512. The number of hydrogen-bond donors (Lipinski definition) is 2. The second-order valence-electron chi connectivity index (χ2n) is 5.37. The van der Waals surface area contributed by atoms with Crippen molar-refractivity contribution < 1.29 is 8.42 Å². The van der Waals surface area contributed by atoms with Crippen molar-refractivity contribution in [2.45, 2.75) is 31.2 Å². The summed E-state index contributed by atoms with van der Waals surface area (Å²) < 4.78 is 25.0. The van der Waals surface area contributed by atoms with Crippen molar-refractivity contribution in [3.63, 3.8) is 0 Å². The molecular formula is C13H24N4O2S. The molecule has 0 aliphatic rings. The minimum atomic E-state index is -3.43. The standard InChI is InChI=1S/C13H24N4O2S/c1-10(2)7-11(8-14)16-13-6-5-12(9-15-13)20(18,19)17(3)4/h5-6,9-11H,7-8,14H2,1-4H3,(H,15,16). The molecule has 1 unspecified atom stereocenters. The van der Waals surface area contributed by atoms with Gasteiger partial charge in [0.05, 0.1) is 0 Å². The van der Waals surface area contributed by atoms with E-state index in [1.54, 1.807) is 12.1 Å². The lowest BCUT2D eigenvalue weighted by molar-refractivity contribution is 0.519. The highest BCUT2D eigenvalue weighted by Gasteiger charge is 2.17. The molecule has 0 radical (unpaired) electrons. The maximum atomic E-state index is 11.9. The minimum Gasteiger partial charge on any atom is -0.366 e. The molecule has 0 amide bonds. The lowest BCUT2D eigenvalue weighted by Crippen LogP contribution is -2.30. The first-order chi connectivity index (χ1) is 9.27. The number of sulfonamides is 1. The van der Waals surface area contributed by atoms with E-state index in [0.29, 0.717) is 18.3 Å². The van der Waals surface area contributed by atoms with Gasteiger partial charge in [-0.25, -0.2) is 17.7 Å². The van der Waals surface area contributed by atoms with Gasteiger partial charge >= 0.3 is 0 Å². The Morgan fingerprint density at radius 2 is 2.00 bits per heavy atom. The molecule has 0 spiro atoms. The zero-order valence-corrected chi connectivity index (χ0v) is 13.3. The Balaban J connectivity index is 2.81. The molecule has 1 rings (SSSR count). The fourth-order valence-corrected chi connectivity index (χ4v) is 2.67. The van der Waals surface area contributed by atoms with Crippen LogP contribution in [-0.4, -0.2) is 44.4 Å². The molecule has 0 saturated heterocycles. The van der Waals surface area contributed by atoms with E-state index in [0.717, 1.165) is 6.42 Å². The van der Waals surface area contributed by atoms with Crippen LogP contribution in [0.4, 0.5) is 5.82 Å². The molecule has 0 fully saturated rings. The van der Waals surface area contributed by atoms with Crippen molar-refractivity contribution >= 4 is 15.8 Å². The van der Waals surface area contributed by atoms with Gasteiger partial charge in [-0.2, -0.15) is 0 Å². The molecule has 1 heterocycles. The number of aromatic nitrogens is 1. The first-order valence-corrected chi connectivity index (χ1v) is 8.06. The van der Waals surface area contributed by atoms with Crippen LogP contribution in [0, 0.1) is 5.92 Å². The highest BCUT2D eigenvalue weighted by atomic mass is 32.2. The summed E-state index contributed by atoms with van der Waals surface area (Å²) in [7, 11) is -0.439. The lowest BCUT2D eigenvalue weighted by Gasteiger charge is -2.19. The number of nitrogens with one attached hydrogen (secondary N) is 1. The van der Waals surface area contributed by atoms with Crippen molar-refractivity contribution in [1.29, 1.82) is 0 Å². The molecule has 114 valence electrons. The van der Waals surface area contributed by atoms with Gasteiger partial charge in [0.2, 0.25) is 10.0 Å². The van der Waals surface area contributed by atoms with Gasteiger partial charge in [0.1, 0.15) is 10.7 Å². The van der Waals surface area contributed by atoms with E-state index in [4.69, 9.17) is 5.73 Å². The number of nitrogens with two attached hydrogens (primary N) is 1. The molecule has 1 aromatic rings. The molecule has 20 heavy (non-hydrogen) atoms. The summed E-state index contributed by atoms with van der Waals surface area (Å²) in [4.78, 5) is 4.33. The van der Waals surface area contributed by atoms with Gasteiger partial charge in [-0.3, -0.25) is 0 Å². The molecule has 0 bridgehead atoms. The third-order valence-electron chi connectivity index (χ3n) is 2.91. The second kappa shape index (κ2) is 7.01. The number of hydrogen-bond acceptors (Lipinski definition) is 5. The molecule has 1 aromatic heterocycles. The monoisotopic (exact) mass is 300 g/mol. The van der Waals surface area contributed by atoms with Gasteiger partial charge in [-0.15, -0.1) is 0 Å². The van der Waals surface area contributed by atoms with Gasteiger partial charge in [-0.05, 0) is 24.5 Å². The van der Waals surface area contributed by atoms with Gasteiger partial charge in [0, 0.05) is 32.9 Å². The Kier molecular flexibility index (Phi) is 5.91. The van der Waals surface area contributed by atoms with E-state index < -0.39 is 10.0 Å². The Morgan fingerprint density at radius 3 is 2.40 bits per heavy atom. The number of rotatable bonds is 7. The molecule has 1 atom stereocenters. The maximum absolute atomic E-state index is 11.9. The van der Waals surface area contributed by atoms with E-state index in [2.05, 4.69) is 24.1 Å². The van der Waals surface area contributed by atoms with E-state index in [1.165, 1.54) is 24.6 Å². The van der Waals surface area contributed by atoms with Crippen LogP contribution in [0.3, 0.4) is 0 Å². The Morgan fingerprint density at radius 1 is 1.35 bits per heavy atom. The van der Waals surface area contributed by atoms with Crippen LogP contribution >= 0.6 is 0 Å². The minimum absolute atomic E-state index is 0.138. The Labute approximate surface area is 121 Å². The van der Waals surface area contributed by atoms with Gasteiger partial charge < -0.3 is 11.1 Å². The molecule has 3 N–H and O–H groups in total. The highest BCUT2D eigenvalue weighted by molar-refractivity contribution is 7.89. The molecule has 6 nitrogen and oxygen atoms in total. The van der Waals surface area contributed by atoms with Crippen LogP contribution in [0.25, 0.3) is 0 Å². The fourth-order valence-electron chi connectivity index (χ4n) is 1.82. The number of pyridine rings is 1. The topological polar surface area (TPSA) is 88.3 Å². The number of nitrogens with zero attached hydrogens (tertiary/aromatic N) is 2. The predicted octanol–water partition coefficient (Wildman–Crippen LogP) is 1.12. The average molecular weight is 300 g/mol. The Hall–Kier alpha value is -1.18. The van der Waals surface area contributed by atoms with Crippen molar-refractivity contribution in [2.75, 3.05) is 26.0 Å². The third kappa shape index (κ3) is 4.43. The summed E-state index contributed by atoms with van der Waals surface area (Å²) in [6.07, 6.45) is 2.30. The summed E-state index contributed by atoms with van der Waals surface area (Å²) in [5.41, 5.74) is 5.71. The SMILES string of the molecule is CC(C)CC(CN)Nc1ccc(S(=O)(=O)N(C)C)cn1. The molecule has 0 aliphatic heterocycles. The zero-order chi connectivity index (χ0) is 15.3. The van der Waals surface area contributed by atoms with Gasteiger partial charge in [-0.1, -0.05) is 13.8 Å². The van der Waals surface area contributed by atoms with E-state index in [-0.39, 0.29) is 10.9 Å². The highest BCUT2D eigenvalue weighted by Crippen LogP contribution is 2.15. The molecule has 7 heteroatoms. The van der Waals surface area contributed by atoms with Crippen LogP contribution in [0.2, 0.25) is 0 Å². The van der Waals surface area contributed by atoms with Gasteiger partial charge in [0.15, 0.2) is 0 Å². The molecule has 0 aliphatic carbocycles. The van der Waals surface area contributed by atoms with Gasteiger partial charge in [0.25, 0.3) is 0 Å². The molecular weight excluding hydrogens is 276 g/mol. The van der Waals surface area contributed by atoms with E-state index >= 15 is 0 Å². The third-order valence-corrected chi connectivity index (χ3v) is 4.71. The zero-order valence-electron chi connectivity index (χ0n) is 12.5. The second-order valence-corrected chi connectivity index (χ2v) is 7.52. The summed E-state index contributed by atoms with van der Waals surface area (Å²) in [6, 6.07) is 3.35. The van der Waals surface area contributed by atoms with Crippen LogP contribution in [0.15, 0.2) is 23.2 Å². The van der Waals surface area contributed by atoms with Crippen molar-refractivity contribution in [3.05, 3.63) is 18.3 Å². The lowest BCUT2D eigenvalue weighted by atomic mass is 10.0. The van der Waals surface area contributed by atoms with Crippen LogP contribution in [-0.2, 0) is 10.0 Å². The van der Waals surface area contributed by atoms with Crippen molar-refractivity contribution in [2.24, 2.45) is 11.7 Å². The van der Waals surface area contributed by atoms with E-state index in [1.807, 2.05) is 0 Å². The summed E-state index contributed by atoms with van der Waals surface area (Å²) in [6.45, 7) is 4.77.